The number of ether oxygens (including phenoxy) is 1. The molecule has 0 fully saturated rings. The summed E-state index contributed by atoms with van der Waals surface area (Å²) in [7, 11) is 1.66. The van der Waals surface area contributed by atoms with Crippen LogP contribution < -0.4 is 0 Å². The summed E-state index contributed by atoms with van der Waals surface area (Å²) in [5.41, 5.74) is 3.59. The first-order valence-electron chi connectivity index (χ1n) is 8.26. The summed E-state index contributed by atoms with van der Waals surface area (Å²) < 4.78 is 18.4. The Balaban J connectivity index is 1.85. The standard InChI is InChI=1S/C21H22FNO3/c1-15-8-9-18(16(2)12-15)13-23(3)20(24)14-26-21(25)11-10-17-6-4-5-7-19(17)22/h4-12H,13-14H2,1-3H3/b11-10+. The fraction of sp³-hybridized carbons (Fsp3) is 0.238. The minimum Gasteiger partial charge on any atom is -0.452 e. The molecular weight excluding hydrogens is 333 g/mol. The van der Waals surface area contributed by atoms with Crippen molar-refractivity contribution in [2.24, 2.45) is 0 Å². The van der Waals surface area contributed by atoms with Crippen LogP contribution in [0.15, 0.2) is 48.5 Å². The van der Waals surface area contributed by atoms with Crippen molar-refractivity contribution >= 4 is 18.0 Å². The van der Waals surface area contributed by atoms with Crippen LogP contribution in [0.2, 0.25) is 0 Å². The number of carbonyl (C=O) groups excluding carboxylic acids is 2. The summed E-state index contributed by atoms with van der Waals surface area (Å²) in [4.78, 5) is 25.3. The van der Waals surface area contributed by atoms with Gasteiger partial charge in [0, 0.05) is 25.2 Å². The monoisotopic (exact) mass is 355 g/mol. The topological polar surface area (TPSA) is 46.6 Å². The molecule has 0 aliphatic carbocycles. The van der Waals surface area contributed by atoms with Gasteiger partial charge in [-0.25, -0.2) is 9.18 Å². The molecule has 0 aliphatic rings. The number of rotatable bonds is 6. The van der Waals surface area contributed by atoms with Crippen LogP contribution in [0, 0.1) is 19.7 Å². The Morgan fingerprint density at radius 2 is 1.88 bits per heavy atom. The van der Waals surface area contributed by atoms with Gasteiger partial charge in [0.05, 0.1) is 0 Å². The van der Waals surface area contributed by atoms with Crippen molar-refractivity contribution in [3.05, 3.63) is 76.6 Å². The smallest absolute Gasteiger partial charge is 0.331 e. The van der Waals surface area contributed by atoms with E-state index in [1.54, 1.807) is 25.2 Å². The highest BCUT2D eigenvalue weighted by Crippen LogP contribution is 2.12. The van der Waals surface area contributed by atoms with Gasteiger partial charge in [-0.05, 0) is 37.1 Å². The molecule has 0 aliphatic heterocycles. The lowest BCUT2D eigenvalue weighted by Gasteiger charge is -2.18. The highest BCUT2D eigenvalue weighted by molar-refractivity contribution is 5.89. The van der Waals surface area contributed by atoms with Gasteiger partial charge in [0.1, 0.15) is 5.82 Å². The summed E-state index contributed by atoms with van der Waals surface area (Å²) in [5, 5.41) is 0. The molecule has 0 unspecified atom stereocenters. The Morgan fingerprint density at radius 1 is 1.15 bits per heavy atom. The number of amides is 1. The van der Waals surface area contributed by atoms with Crippen molar-refractivity contribution in [1.29, 1.82) is 0 Å². The zero-order valence-corrected chi connectivity index (χ0v) is 15.2. The first-order valence-corrected chi connectivity index (χ1v) is 8.26. The molecule has 0 atom stereocenters. The third-order valence-corrected chi connectivity index (χ3v) is 3.97. The molecule has 4 nitrogen and oxygen atoms in total. The maximum absolute atomic E-state index is 13.5. The normalized spacial score (nSPS) is 10.8. The molecule has 0 saturated heterocycles. The fourth-order valence-corrected chi connectivity index (χ4v) is 2.43. The summed E-state index contributed by atoms with van der Waals surface area (Å²) in [6, 6.07) is 12.1. The Kier molecular flexibility index (Phi) is 6.67. The number of aryl methyl sites for hydroxylation is 2. The lowest BCUT2D eigenvalue weighted by molar-refractivity contribution is -0.147. The van der Waals surface area contributed by atoms with E-state index in [4.69, 9.17) is 4.74 Å². The molecule has 5 heteroatoms. The quantitative estimate of drug-likeness (QED) is 0.587. The lowest BCUT2D eigenvalue weighted by Crippen LogP contribution is -2.30. The minimum atomic E-state index is -0.693. The molecule has 0 radical (unpaired) electrons. The molecule has 2 aromatic rings. The van der Waals surface area contributed by atoms with Crippen LogP contribution in [0.1, 0.15) is 22.3 Å². The number of halogens is 1. The van der Waals surface area contributed by atoms with E-state index >= 15 is 0 Å². The van der Waals surface area contributed by atoms with Gasteiger partial charge in [-0.3, -0.25) is 4.79 Å². The molecule has 0 aromatic heterocycles. The van der Waals surface area contributed by atoms with E-state index in [9.17, 15) is 14.0 Å². The van der Waals surface area contributed by atoms with Crippen LogP contribution in [-0.4, -0.2) is 30.4 Å². The second-order valence-corrected chi connectivity index (χ2v) is 6.14. The molecule has 0 N–H and O–H groups in total. The van der Waals surface area contributed by atoms with Crippen molar-refractivity contribution in [3.8, 4) is 0 Å². The van der Waals surface area contributed by atoms with E-state index in [0.29, 0.717) is 6.54 Å². The first kappa shape index (κ1) is 19.4. The van der Waals surface area contributed by atoms with Gasteiger partial charge < -0.3 is 9.64 Å². The SMILES string of the molecule is Cc1ccc(CN(C)C(=O)COC(=O)/C=C/c2ccccc2F)c(C)c1. The summed E-state index contributed by atoms with van der Waals surface area (Å²) in [6.45, 7) is 4.09. The second-order valence-electron chi connectivity index (χ2n) is 6.14. The molecule has 2 aromatic carbocycles. The molecule has 26 heavy (non-hydrogen) atoms. The predicted molar refractivity (Wildman–Crippen MR) is 98.8 cm³/mol. The summed E-state index contributed by atoms with van der Waals surface area (Å²) >= 11 is 0. The third kappa shape index (κ3) is 5.55. The zero-order chi connectivity index (χ0) is 19.1. The fourth-order valence-electron chi connectivity index (χ4n) is 2.43. The van der Waals surface area contributed by atoms with Crippen LogP contribution in [0.25, 0.3) is 6.08 Å². The molecule has 0 saturated carbocycles. The zero-order valence-electron chi connectivity index (χ0n) is 15.2. The second kappa shape index (κ2) is 8.94. The molecule has 0 heterocycles. The Labute approximate surface area is 152 Å². The van der Waals surface area contributed by atoms with Crippen LogP contribution in [0.4, 0.5) is 4.39 Å². The number of likely N-dealkylation sites (N-methyl/N-ethyl adjacent to an activating group) is 1. The van der Waals surface area contributed by atoms with Crippen molar-refractivity contribution in [2.75, 3.05) is 13.7 Å². The van der Waals surface area contributed by atoms with Crippen LogP contribution in [0.3, 0.4) is 0 Å². The van der Waals surface area contributed by atoms with Crippen molar-refractivity contribution in [1.82, 2.24) is 4.90 Å². The van der Waals surface area contributed by atoms with Gasteiger partial charge >= 0.3 is 5.97 Å². The van der Waals surface area contributed by atoms with Gasteiger partial charge in [-0.1, -0.05) is 42.0 Å². The van der Waals surface area contributed by atoms with Gasteiger partial charge in [-0.15, -0.1) is 0 Å². The maximum atomic E-state index is 13.5. The van der Waals surface area contributed by atoms with Crippen LogP contribution in [-0.2, 0) is 20.9 Å². The summed E-state index contributed by atoms with van der Waals surface area (Å²) in [6.07, 6.45) is 2.43. The molecule has 136 valence electrons. The Hall–Kier alpha value is -2.95. The number of esters is 1. The van der Waals surface area contributed by atoms with E-state index in [0.717, 1.165) is 22.8 Å². The number of benzene rings is 2. The number of hydrogen-bond acceptors (Lipinski definition) is 3. The highest BCUT2D eigenvalue weighted by Gasteiger charge is 2.12. The van der Waals surface area contributed by atoms with E-state index in [1.807, 2.05) is 26.0 Å². The molecular formula is C21H22FNO3. The van der Waals surface area contributed by atoms with Gasteiger partial charge in [0.2, 0.25) is 0 Å². The van der Waals surface area contributed by atoms with Gasteiger partial charge in [0.15, 0.2) is 6.61 Å². The first-order chi connectivity index (χ1) is 12.4. The van der Waals surface area contributed by atoms with Crippen molar-refractivity contribution < 1.29 is 18.7 Å². The van der Waals surface area contributed by atoms with E-state index < -0.39 is 11.8 Å². The van der Waals surface area contributed by atoms with E-state index in [1.165, 1.54) is 17.0 Å². The van der Waals surface area contributed by atoms with Crippen molar-refractivity contribution in [2.45, 2.75) is 20.4 Å². The Bertz CT molecular complexity index is 830. The van der Waals surface area contributed by atoms with Crippen LogP contribution in [0.5, 0.6) is 0 Å². The predicted octanol–water partition coefficient (Wildman–Crippen LogP) is 3.66. The minimum absolute atomic E-state index is 0.280. The average Bonchev–Trinajstić information content (AvgIpc) is 2.61. The molecule has 2 rings (SSSR count). The van der Waals surface area contributed by atoms with Gasteiger partial charge in [0.25, 0.3) is 5.91 Å². The maximum Gasteiger partial charge on any atom is 0.331 e. The number of hydrogen-bond donors (Lipinski definition) is 0. The Morgan fingerprint density at radius 3 is 2.58 bits per heavy atom. The third-order valence-electron chi connectivity index (χ3n) is 3.97. The van der Waals surface area contributed by atoms with E-state index in [-0.39, 0.29) is 18.1 Å². The van der Waals surface area contributed by atoms with E-state index in [2.05, 4.69) is 6.07 Å². The number of carbonyl (C=O) groups is 2. The largest absolute Gasteiger partial charge is 0.452 e. The highest BCUT2D eigenvalue weighted by atomic mass is 19.1. The average molecular weight is 355 g/mol. The molecule has 0 bridgehead atoms. The number of nitrogens with zero attached hydrogens (tertiary/aromatic N) is 1. The molecule has 0 spiro atoms. The van der Waals surface area contributed by atoms with Gasteiger partial charge in [-0.2, -0.15) is 0 Å². The van der Waals surface area contributed by atoms with Crippen molar-refractivity contribution in [3.63, 3.8) is 0 Å². The lowest BCUT2D eigenvalue weighted by atomic mass is 10.1. The van der Waals surface area contributed by atoms with Crippen LogP contribution >= 0.6 is 0 Å². The molecule has 1 amide bonds. The summed E-state index contributed by atoms with van der Waals surface area (Å²) in [5.74, 6) is -1.43.